The molecule has 0 radical (unpaired) electrons. The Kier molecular flexibility index (Phi) is 4.14. The maximum absolute atomic E-state index is 5.65. The number of hydrogen-bond acceptors (Lipinski definition) is 3. The zero-order chi connectivity index (χ0) is 10.6. The van der Waals surface area contributed by atoms with Gasteiger partial charge in [0.1, 0.15) is 0 Å². The van der Waals surface area contributed by atoms with Crippen LogP contribution in [0.3, 0.4) is 0 Å². The average Bonchev–Trinajstić information content (AvgIpc) is 2.15. The molecule has 0 aliphatic carbocycles. The van der Waals surface area contributed by atoms with Gasteiger partial charge in [0.2, 0.25) is 0 Å². The molecule has 14 heavy (non-hydrogen) atoms. The minimum atomic E-state index is 0.436. The van der Waals surface area contributed by atoms with E-state index in [9.17, 15) is 0 Å². The molecule has 0 bridgehead atoms. The molecule has 0 atom stereocenters. The maximum Gasteiger partial charge on any atom is 0.151 e. The highest BCUT2D eigenvalue weighted by Crippen LogP contribution is 2.11. The molecule has 0 aliphatic rings. The summed E-state index contributed by atoms with van der Waals surface area (Å²) in [5, 5.41) is 8.24. The standard InChI is InChI=1S/C10H16ClN3/c1-8(2)6-7-14(3)10-5-4-9(11)12-13-10/h4-5,8H,6-7H2,1-3H3. The van der Waals surface area contributed by atoms with E-state index in [4.69, 9.17) is 11.6 Å². The van der Waals surface area contributed by atoms with Crippen LogP contribution in [-0.2, 0) is 0 Å². The Labute approximate surface area is 90.1 Å². The smallest absolute Gasteiger partial charge is 0.151 e. The van der Waals surface area contributed by atoms with Gasteiger partial charge in [0.05, 0.1) is 0 Å². The van der Waals surface area contributed by atoms with Crippen molar-refractivity contribution in [2.75, 3.05) is 18.5 Å². The van der Waals surface area contributed by atoms with Crippen LogP contribution in [0.25, 0.3) is 0 Å². The van der Waals surface area contributed by atoms with Gasteiger partial charge in [0, 0.05) is 13.6 Å². The van der Waals surface area contributed by atoms with Crippen LogP contribution in [0.4, 0.5) is 5.82 Å². The number of nitrogens with zero attached hydrogens (tertiary/aromatic N) is 3. The first kappa shape index (κ1) is 11.2. The van der Waals surface area contributed by atoms with E-state index in [0.717, 1.165) is 18.8 Å². The Balaban J connectivity index is 2.52. The molecule has 0 saturated heterocycles. The van der Waals surface area contributed by atoms with E-state index in [2.05, 4.69) is 28.9 Å². The summed E-state index contributed by atoms with van der Waals surface area (Å²) < 4.78 is 0. The SMILES string of the molecule is CC(C)CCN(C)c1ccc(Cl)nn1. The minimum absolute atomic E-state index is 0.436. The Morgan fingerprint density at radius 2 is 2.07 bits per heavy atom. The lowest BCUT2D eigenvalue weighted by molar-refractivity contribution is 0.583. The number of hydrogen-bond donors (Lipinski definition) is 0. The van der Waals surface area contributed by atoms with Crippen LogP contribution in [-0.4, -0.2) is 23.8 Å². The van der Waals surface area contributed by atoms with Gasteiger partial charge in [-0.15, -0.1) is 10.2 Å². The molecule has 1 aromatic heterocycles. The van der Waals surface area contributed by atoms with Crippen LogP contribution in [0.1, 0.15) is 20.3 Å². The Morgan fingerprint density at radius 3 is 2.57 bits per heavy atom. The Morgan fingerprint density at radius 1 is 1.36 bits per heavy atom. The summed E-state index contributed by atoms with van der Waals surface area (Å²) in [4.78, 5) is 2.09. The van der Waals surface area contributed by atoms with E-state index in [-0.39, 0.29) is 0 Å². The molecule has 0 fully saturated rings. The van der Waals surface area contributed by atoms with Crippen molar-refractivity contribution in [3.05, 3.63) is 17.3 Å². The largest absolute Gasteiger partial charge is 0.358 e. The van der Waals surface area contributed by atoms with E-state index < -0.39 is 0 Å². The highest BCUT2D eigenvalue weighted by Gasteiger charge is 2.03. The zero-order valence-electron chi connectivity index (χ0n) is 8.87. The molecular weight excluding hydrogens is 198 g/mol. The van der Waals surface area contributed by atoms with Crippen LogP contribution in [0.2, 0.25) is 5.15 Å². The number of anilines is 1. The van der Waals surface area contributed by atoms with Gasteiger partial charge in [-0.25, -0.2) is 0 Å². The summed E-state index contributed by atoms with van der Waals surface area (Å²) in [6.45, 7) is 5.41. The van der Waals surface area contributed by atoms with Gasteiger partial charge in [0.15, 0.2) is 11.0 Å². The van der Waals surface area contributed by atoms with E-state index in [1.807, 2.05) is 13.1 Å². The van der Waals surface area contributed by atoms with E-state index in [1.54, 1.807) is 6.07 Å². The van der Waals surface area contributed by atoms with E-state index >= 15 is 0 Å². The molecule has 1 heterocycles. The predicted octanol–water partition coefficient (Wildman–Crippen LogP) is 2.61. The van der Waals surface area contributed by atoms with Crippen molar-refractivity contribution < 1.29 is 0 Å². The predicted molar refractivity (Wildman–Crippen MR) is 59.8 cm³/mol. The molecule has 0 amide bonds. The lowest BCUT2D eigenvalue weighted by Crippen LogP contribution is -2.21. The fraction of sp³-hybridized carbons (Fsp3) is 0.600. The molecule has 0 unspecified atom stereocenters. The van der Waals surface area contributed by atoms with Gasteiger partial charge in [-0.3, -0.25) is 0 Å². The summed E-state index contributed by atoms with van der Waals surface area (Å²) in [5.74, 6) is 1.58. The van der Waals surface area contributed by atoms with Gasteiger partial charge in [-0.2, -0.15) is 0 Å². The Bertz CT molecular complexity index is 271. The average molecular weight is 214 g/mol. The molecule has 78 valence electrons. The van der Waals surface area contributed by atoms with Crippen LogP contribution in [0.15, 0.2) is 12.1 Å². The van der Waals surface area contributed by atoms with Gasteiger partial charge in [-0.05, 0) is 24.5 Å². The van der Waals surface area contributed by atoms with Crippen molar-refractivity contribution in [3.8, 4) is 0 Å². The molecule has 0 spiro atoms. The monoisotopic (exact) mass is 213 g/mol. The molecule has 0 N–H and O–H groups in total. The molecular formula is C10H16ClN3. The fourth-order valence-electron chi connectivity index (χ4n) is 1.08. The van der Waals surface area contributed by atoms with E-state index in [1.165, 1.54) is 0 Å². The number of halogens is 1. The summed E-state index contributed by atoms with van der Waals surface area (Å²) in [5.41, 5.74) is 0. The Hall–Kier alpha value is -0.830. The number of rotatable bonds is 4. The summed E-state index contributed by atoms with van der Waals surface area (Å²) in [6, 6.07) is 3.64. The molecule has 0 aromatic carbocycles. The summed E-state index contributed by atoms with van der Waals surface area (Å²) >= 11 is 5.65. The van der Waals surface area contributed by atoms with Crippen LogP contribution < -0.4 is 4.90 Å². The van der Waals surface area contributed by atoms with Gasteiger partial charge in [0.25, 0.3) is 0 Å². The second-order valence-electron chi connectivity index (χ2n) is 3.82. The van der Waals surface area contributed by atoms with Gasteiger partial charge >= 0.3 is 0 Å². The van der Waals surface area contributed by atoms with Crippen molar-refractivity contribution in [1.29, 1.82) is 0 Å². The third-order valence-electron chi connectivity index (χ3n) is 2.05. The normalized spacial score (nSPS) is 10.6. The van der Waals surface area contributed by atoms with Gasteiger partial charge in [-0.1, -0.05) is 25.4 Å². The second-order valence-corrected chi connectivity index (χ2v) is 4.21. The molecule has 3 nitrogen and oxygen atoms in total. The lowest BCUT2D eigenvalue weighted by atomic mass is 10.1. The first-order valence-electron chi connectivity index (χ1n) is 4.80. The van der Waals surface area contributed by atoms with Crippen molar-refractivity contribution in [2.45, 2.75) is 20.3 Å². The zero-order valence-corrected chi connectivity index (χ0v) is 9.62. The quantitative estimate of drug-likeness (QED) is 0.770. The lowest BCUT2D eigenvalue weighted by Gasteiger charge is -2.18. The van der Waals surface area contributed by atoms with Crippen LogP contribution >= 0.6 is 11.6 Å². The number of aromatic nitrogens is 2. The third kappa shape index (κ3) is 3.50. The van der Waals surface area contributed by atoms with Crippen molar-refractivity contribution >= 4 is 17.4 Å². The molecule has 1 aromatic rings. The minimum Gasteiger partial charge on any atom is -0.358 e. The van der Waals surface area contributed by atoms with Crippen molar-refractivity contribution in [3.63, 3.8) is 0 Å². The van der Waals surface area contributed by atoms with Crippen molar-refractivity contribution in [2.24, 2.45) is 5.92 Å². The first-order chi connectivity index (χ1) is 6.59. The summed E-state index contributed by atoms with van der Waals surface area (Å²) in [7, 11) is 2.01. The van der Waals surface area contributed by atoms with Crippen LogP contribution in [0, 0.1) is 5.92 Å². The first-order valence-corrected chi connectivity index (χ1v) is 5.17. The molecule has 0 aliphatic heterocycles. The molecule has 1 rings (SSSR count). The second kappa shape index (κ2) is 5.15. The summed E-state index contributed by atoms with van der Waals surface area (Å²) in [6.07, 6.45) is 1.15. The van der Waals surface area contributed by atoms with E-state index in [0.29, 0.717) is 11.1 Å². The highest BCUT2D eigenvalue weighted by molar-refractivity contribution is 6.29. The van der Waals surface area contributed by atoms with Crippen molar-refractivity contribution in [1.82, 2.24) is 10.2 Å². The maximum atomic E-state index is 5.65. The topological polar surface area (TPSA) is 29.0 Å². The highest BCUT2D eigenvalue weighted by atomic mass is 35.5. The molecule has 4 heteroatoms. The van der Waals surface area contributed by atoms with Gasteiger partial charge < -0.3 is 4.90 Å². The molecule has 0 saturated carbocycles. The fourth-order valence-corrected chi connectivity index (χ4v) is 1.18. The third-order valence-corrected chi connectivity index (χ3v) is 2.25. The van der Waals surface area contributed by atoms with Crippen LogP contribution in [0.5, 0.6) is 0 Å².